The fourth-order valence-electron chi connectivity index (χ4n) is 2.88. The van der Waals surface area contributed by atoms with E-state index in [1.165, 1.54) is 5.69 Å². The number of piperazine rings is 1. The average Bonchev–Trinajstić information content (AvgIpc) is 2.53. The van der Waals surface area contributed by atoms with E-state index in [1.54, 1.807) is 7.11 Å². The molecule has 0 saturated carbocycles. The lowest BCUT2D eigenvalue weighted by atomic mass is 9.95. The first-order valence-corrected chi connectivity index (χ1v) is 7.95. The first kappa shape index (κ1) is 16.1. The van der Waals surface area contributed by atoms with Crippen LogP contribution in [0.2, 0.25) is 0 Å². The van der Waals surface area contributed by atoms with E-state index in [0.717, 1.165) is 45.0 Å². The van der Waals surface area contributed by atoms with Gasteiger partial charge in [-0.3, -0.25) is 4.90 Å². The summed E-state index contributed by atoms with van der Waals surface area (Å²) >= 11 is 0. The van der Waals surface area contributed by atoms with Crippen molar-refractivity contribution < 1.29 is 4.74 Å². The van der Waals surface area contributed by atoms with Crippen LogP contribution < -0.4 is 15.4 Å². The first-order valence-electron chi connectivity index (χ1n) is 7.95. The second-order valence-electron chi connectivity index (χ2n) is 6.23. The van der Waals surface area contributed by atoms with Gasteiger partial charge in [-0.05, 0) is 30.5 Å². The molecule has 1 fully saturated rings. The minimum Gasteiger partial charge on any atom is -0.497 e. The maximum Gasteiger partial charge on any atom is 0.120 e. The number of rotatable bonds is 6. The van der Waals surface area contributed by atoms with Gasteiger partial charge in [-0.25, -0.2) is 0 Å². The Balaban J connectivity index is 1.88. The third-order valence-electron chi connectivity index (χ3n) is 4.53. The van der Waals surface area contributed by atoms with Crippen molar-refractivity contribution in [2.24, 2.45) is 17.6 Å². The van der Waals surface area contributed by atoms with Crippen molar-refractivity contribution in [3.05, 3.63) is 24.3 Å². The highest BCUT2D eigenvalue weighted by molar-refractivity contribution is 5.51. The summed E-state index contributed by atoms with van der Waals surface area (Å²) in [6.07, 6.45) is 0. The lowest BCUT2D eigenvalue weighted by Crippen LogP contribution is -2.49. The number of nitrogens with zero attached hydrogens (tertiary/aromatic N) is 2. The van der Waals surface area contributed by atoms with Crippen LogP contribution in [0.15, 0.2) is 24.3 Å². The van der Waals surface area contributed by atoms with E-state index in [4.69, 9.17) is 10.5 Å². The van der Waals surface area contributed by atoms with E-state index in [-0.39, 0.29) is 0 Å². The molecule has 1 aliphatic rings. The van der Waals surface area contributed by atoms with Crippen LogP contribution in [0.3, 0.4) is 0 Å². The van der Waals surface area contributed by atoms with E-state index in [1.807, 2.05) is 6.07 Å². The predicted octanol–water partition coefficient (Wildman–Crippen LogP) is 2.05. The Morgan fingerprint density at radius 2 is 1.90 bits per heavy atom. The maximum atomic E-state index is 5.89. The molecule has 2 N–H and O–H groups in total. The van der Waals surface area contributed by atoms with Gasteiger partial charge in [-0.2, -0.15) is 0 Å². The normalized spacial score (nSPS) is 18.0. The van der Waals surface area contributed by atoms with Crippen LogP contribution in [0.25, 0.3) is 0 Å². The topological polar surface area (TPSA) is 41.7 Å². The molecule has 4 nitrogen and oxygen atoms in total. The summed E-state index contributed by atoms with van der Waals surface area (Å²) in [7, 11) is 1.72. The van der Waals surface area contributed by atoms with Gasteiger partial charge in [-0.15, -0.1) is 0 Å². The predicted molar refractivity (Wildman–Crippen MR) is 89.0 cm³/mol. The zero-order valence-electron chi connectivity index (χ0n) is 13.6. The second-order valence-corrected chi connectivity index (χ2v) is 6.23. The van der Waals surface area contributed by atoms with Gasteiger partial charge in [0.2, 0.25) is 0 Å². The summed E-state index contributed by atoms with van der Waals surface area (Å²) in [6.45, 7) is 10.8. The maximum absolute atomic E-state index is 5.89. The second kappa shape index (κ2) is 7.66. The summed E-state index contributed by atoms with van der Waals surface area (Å²) in [5.74, 6) is 2.19. The summed E-state index contributed by atoms with van der Waals surface area (Å²) in [4.78, 5) is 4.99. The highest BCUT2D eigenvalue weighted by atomic mass is 16.5. The first-order chi connectivity index (χ1) is 10.1. The molecule has 0 amide bonds. The molecule has 1 atom stereocenters. The number of ether oxygens (including phenoxy) is 1. The van der Waals surface area contributed by atoms with E-state index < -0.39 is 0 Å². The van der Waals surface area contributed by atoms with Crippen LogP contribution >= 0.6 is 0 Å². The molecule has 0 radical (unpaired) electrons. The van der Waals surface area contributed by atoms with Crippen LogP contribution in [-0.4, -0.2) is 51.3 Å². The van der Waals surface area contributed by atoms with Crippen molar-refractivity contribution in [3.63, 3.8) is 0 Å². The van der Waals surface area contributed by atoms with E-state index in [9.17, 15) is 0 Å². The Morgan fingerprint density at radius 3 is 2.48 bits per heavy atom. The molecule has 0 aromatic heterocycles. The van der Waals surface area contributed by atoms with Crippen molar-refractivity contribution in [3.8, 4) is 5.75 Å². The zero-order valence-corrected chi connectivity index (χ0v) is 13.6. The molecule has 1 aromatic carbocycles. The molecular formula is C17H29N3O. The minimum atomic E-state index is 0.605. The molecule has 0 aliphatic carbocycles. The van der Waals surface area contributed by atoms with E-state index in [0.29, 0.717) is 11.8 Å². The summed E-state index contributed by atoms with van der Waals surface area (Å²) in [5, 5.41) is 0. The molecule has 4 heteroatoms. The number of benzene rings is 1. The van der Waals surface area contributed by atoms with Crippen molar-refractivity contribution in [1.82, 2.24) is 4.90 Å². The molecule has 0 spiro atoms. The molecule has 0 bridgehead atoms. The van der Waals surface area contributed by atoms with Gasteiger partial charge in [0.15, 0.2) is 0 Å². The molecule has 1 aliphatic heterocycles. The SMILES string of the molecule is COc1cccc(N2CCN(CC(CN)C(C)C)CC2)c1. The smallest absolute Gasteiger partial charge is 0.120 e. The molecule has 1 unspecified atom stereocenters. The average molecular weight is 291 g/mol. The number of anilines is 1. The summed E-state index contributed by atoms with van der Waals surface area (Å²) < 4.78 is 5.31. The standard InChI is InChI=1S/C17H29N3O/c1-14(2)15(12-18)13-19-7-9-20(10-8-19)16-5-4-6-17(11-16)21-3/h4-6,11,14-15H,7-10,12-13,18H2,1-3H3. The van der Waals surface area contributed by atoms with Gasteiger partial charge >= 0.3 is 0 Å². The van der Waals surface area contributed by atoms with Gasteiger partial charge in [0.1, 0.15) is 5.75 Å². The Morgan fingerprint density at radius 1 is 1.19 bits per heavy atom. The number of nitrogens with two attached hydrogens (primary N) is 1. The Kier molecular flexibility index (Phi) is 5.88. The molecule has 118 valence electrons. The highest BCUT2D eigenvalue weighted by Crippen LogP contribution is 2.22. The summed E-state index contributed by atoms with van der Waals surface area (Å²) in [5.41, 5.74) is 7.15. The van der Waals surface area contributed by atoms with Crippen LogP contribution in [0, 0.1) is 11.8 Å². The summed E-state index contributed by atoms with van der Waals surface area (Å²) in [6, 6.07) is 8.33. The largest absolute Gasteiger partial charge is 0.497 e. The Bertz CT molecular complexity index is 428. The lowest BCUT2D eigenvalue weighted by molar-refractivity contribution is 0.195. The van der Waals surface area contributed by atoms with Gasteiger partial charge in [0.05, 0.1) is 7.11 Å². The van der Waals surface area contributed by atoms with E-state index >= 15 is 0 Å². The number of hydrogen-bond acceptors (Lipinski definition) is 4. The quantitative estimate of drug-likeness (QED) is 0.871. The van der Waals surface area contributed by atoms with Crippen molar-refractivity contribution in [1.29, 1.82) is 0 Å². The number of hydrogen-bond donors (Lipinski definition) is 1. The Hall–Kier alpha value is -1.26. The number of methoxy groups -OCH3 is 1. The molecule has 1 aromatic rings. The molecule has 21 heavy (non-hydrogen) atoms. The minimum absolute atomic E-state index is 0.605. The van der Waals surface area contributed by atoms with Crippen LogP contribution in [-0.2, 0) is 0 Å². The molecule has 1 saturated heterocycles. The van der Waals surface area contributed by atoms with Gasteiger partial charge in [0, 0.05) is 44.5 Å². The van der Waals surface area contributed by atoms with Gasteiger partial charge < -0.3 is 15.4 Å². The van der Waals surface area contributed by atoms with Crippen molar-refractivity contribution >= 4 is 5.69 Å². The fourth-order valence-corrected chi connectivity index (χ4v) is 2.88. The molecule has 1 heterocycles. The van der Waals surface area contributed by atoms with Crippen LogP contribution in [0.1, 0.15) is 13.8 Å². The third kappa shape index (κ3) is 4.35. The lowest BCUT2D eigenvalue weighted by Gasteiger charge is -2.38. The van der Waals surface area contributed by atoms with Crippen LogP contribution in [0.5, 0.6) is 5.75 Å². The van der Waals surface area contributed by atoms with Crippen molar-refractivity contribution in [2.75, 3.05) is 51.3 Å². The Labute approximate surface area is 128 Å². The van der Waals surface area contributed by atoms with Gasteiger partial charge in [-0.1, -0.05) is 19.9 Å². The highest BCUT2D eigenvalue weighted by Gasteiger charge is 2.21. The van der Waals surface area contributed by atoms with Crippen LogP contribution in [0.4, 0.5) is 5.69 Å². The molecule has 2 rings (SSSR count). The zero-order chi connectivity index (χ0) is 15.2. The monoisotopic (exact) mass is 291 g/mol. The molecular weight excluding hydrogens is 262 g/mol. The van der Waals surface area contributed by atoms with E-state index in [2.05, 4.69) is 41.8 Å². The van der Waals surface area contributed by atoms with Gasteiger partial charge in [0.25, 0.3) is 0 Å². The fraction of sp³-hybridized carbons (Fsp3) is 0.647. The van der Waals surface area contributed by atoms with Crippen molar-refractivity contribution in [2.45, 2.75) is 13.8 Å². The third-order valence-corrected chi connectivity index (χ3v) is 4.53.